The van der Waals surface area contributed by atoms with Gasteiger partial charge in [-0.2, -0.15) is 4.80 Å². The van der Waals surface area contributed by atoms with E-state index in [2.05, 4.69) is 97.1 Å². The van der Waals surface area contributed by atoms with Gasteiger partial charge < -0.3 is 4.42 Å². The van der Waals surface area contributed by atoms with Gasteiger partial charge in [0.1, 0.15) is 22.2 Å². The van der Waals surface area contributed by atoms with Crippen molar-refractivity contribution >= 4 is 65.4 Å². The SMILES string of the molecule is c1ccc(-n2nc3ccc4ccc5cc(-c6cccc(-c7nc(-c8ccc9c(c8)oc8ccccc89)c8ccccc8n7)c6)ccc5c4c3n2)cc1. The normalized spacial score (nSPS) is 11.8. The van der Waals surface area contributed by atoms with E-state index in [4.69, 9.17) is 24.6 Å². The number of nitrogens with zero attached hydrogens (tertiary/aromatic N) is 5. The first-order valence-electron chi connectivity index (χ1n) is 17.3. The monoisotopic (exact) mass is 665 g/mol. The molecule has 0 spiro atoms. The third-order valence-electron chi connectivity index (χ3n) is 10.0. The second-order valence-electron chi connectivity index (χ2n) is 13.2. The largest absolute Gasteiger partial charge is 0.456 e. The fourth-order valence-electron chi connectivity index (χ4n) is 7.52. The summed E-state index contributed by atoms with van der Waals surface area (Å²) in [5, 5.41) is 17.5. The minimum Gasteiger partial charge on any atom is -0.456 e. The molecule has 0 aliphatic rings. The molecule has 0 saturated heterocycles. The second-order valence-corrected chi connectivity index (χ2v) is 13.2. The summed E-state index contributed by atoms with van der Waals surface area (Å²) in [6.45, 7) is 0. The average Bonchev–Trinajstić information content (AvgIpc) is 3.82. The number of para-hydroxylation sites is 3. The number of fused-ring (bicyclic) bond motifs is 9. The number of furan rings is 1. The number of benzene rings is 8. The number of hydrogen-bond donors (Lipinski definition) is 0. The lowest BCUT2D eigenvalue weighted by atomic mass is 9.96. The molecule has 0 saturated carbocycles. The van der Waals surface area contributed by atoms with E-state index in [1.165, 1.54) is 0 Å². The third-order valence-corrected chi connectivity index (χ3v) is 10.0. The highest BCUT2D eigenvalue weighted by Crippen LogP contribution is 2.37. The van der Waals surface area contributed by atoms with Crippen molar-refractivity contribution in [2.24, 2.45) is 0 Å². The molecule has 6 nitrogen and oxygen atoms in total. The minimum absolute atomic E-state index is 0.677. The minimum atomic E-state index is 0.677. The van der Waals surface area contributed by atoms with E-state index in [9.17, 15) is 0 Å². The van der Waals surface area contributed by atoms with Gasteiger partial charge in [-0.1, -0.05) is 109 Å². The smallest absolute Gasteiger partial charge is 0.160 e. The van der Waals surface area contributed by atoms with Crippen LogP contribution in [0, 0.1) is 0 Å². The summed E-state index contributed by atoms with van der Waals surface area (Å²) in [6, 6.07) is 56.4. The summed E-state index contributed by atoms with van der Waals surface area (Å²) in [6.07, 6.45) is 0. The molecule has 11 rings (SSSR count). The summed E-state index contributed by atoms with van der Waals surface area (Å²) in [7, 11) is 0. The van der Waals surface area contributed by atoms with Crippen LogP contribution in [-0.4, -0.2) is 25.0 Å². The molecular weight excluding hydrogens is 639 g/mol. The first kappa shape index (κ1) is 28.6. The van der Waals surface area contributed by atoms with Crippen molar-refractivity contribution < 1.29 is 4.42 Å². The molecule has 52 heavy (non-hydrogen) atoms. The molecule has 0 aliphatic carbocycles. The van der Waals surface area contributed by atoms with Gasteiger partial charge in [0, 0.05) is 32.7 Å². The van der Waals surface area contributed by atoms with E-state index in [0.717, 1.165) is 99.1 Å². The molecule has 242 valence electrons. The van der Waals surface area contributed by atoms with E-state index in [-0.39, 0.29) is 0 Å². The summed E-state index contributed by atoms with van der Waals surface area (Å²) in [5.41, 5.74) is 10.3. The fraction of sp³-hybridized carbons (Fsp3) is 0. The van der Waals surface area contributed by atoms with Crippen molar-refractivity contribution in [2.75, 3.05) is 0 Å². The summed E-state index contributed by atoms with van der Waals surface area (Å²) in [5.74, 6) is 0.677. The van der Waals surface area contributed by atoms with Crippen molar-refractivity contribution in [1.29, 1.82) is 0 Å². The van der Waals surface area contributed by atoms with Crippen LogP contribution in [0.25, 0.3) is 105 Å². The quantitative estimate of drug-likeness (QED) is 0.175. The Hall–Kier alpha value is -7.18. The van der Waals surface area contributed by atoms with Crippen LogP contribution in [0.4, 0.5) is 0 Å². The highest BCUT2D eigenvalue weighted by Gasteiger charge is 2.16. The lowest BCUT2D eigenvalue weighted by molar-refractivity contribution is 0.669. The second kappa shape index (κ2) is 11.2. The van der Waals surface area contributed by atoms with Crippen LogP contribution >= 0.6 is 0 Å². The maximum Gasteiger partial charge on any atom is 0.160 e. The molecule has 0 radical (unpaired) electrons. The molecular formula is C46H27N5O. The Labute approximate surface area is 297 Å². The lowest BCUT2D eigenvalue weighted by Crippen LogP contribution is -1.97. The molecule has 3 aromatic heterocycles. The molecule has 3 heterocycles. The molecule has 0 atom stereocenters. The molecule has 11 aromatic rings. The topological polar surface area (TPSA) is 69.6 Å². The zero-order chi connectivity index (χ0) is 34.2. The first-order valence-corrected chi connectivity index (χ1v) is 17.3. The Morgan fingerprint density at radius 2 is 1.15 bits per heavy atom. The maximum atomic E-state index is 6.25. The lowest BCUT2D eigenvalue weighted by Gasteiger charge is -2.11. The Balaban J connectivity index is 1.02. The van der Waals surface area contributed by atoms with Crippen LogP contribution in [-0.2, 0) is 0 Å². The Morgan fingerprint density at radius 3 is 2.10 bits per heavy atom. The van der Waals surface area contributed by atoms with Gasteiger partial charge in [0.25, 0.3) is 0 Å². The fourth-order valence-corrected chi connectivity index (χ4v) is 7.52. The van der Waals surface area contributed by atoms with Gasteiger partial charge in [0.05, 0.1) is 16.9 Å². The molecule has 0 bridgehead atoms. The van der Waals surface area contributed by atoms with Crippen LogP contribution in [0.3, 0.4) is 0 Å². The van der Waals surface area contributed by atoms with Crippen molar-refractivity contribution in [3.8, 4) is 39.5 Å². The van der Waals surface area contributed by atoms with Gasteiger partial charge in [-0.3, -0.25) is 0 Å². The third kappa shape index (κ3) is 4.51. The van der Waals surface area contributed by atoms with Crippen LogP contribution in [0.5, 0.6) is 0 Å². The highest BCUT2D eigenvalue weighted by molar-refractivity contribution is 6.18. The van der Waals surface area contributed by atoms with Crippen LogP contribution in [0.2, 0.25) is 0 Å². The van der Waals surface area contributed by atoms with Crippen molar-refractivity contribution in [3.05, 3.63) is 164 Å². The molecule has 8 aromatic carbocycles. The van der Waals surface area contributed by atoms with Crippen molar-refractivity contribution in [1.82, 2.24) is 25.0 Å². The van der Waals surface area contributed by atoms with Crippen molar-refractivity contribution in [2.45, 2.75) is 0 Å². The van der Waals surface area contributed by atoms with Crippen LogP contribution < -0.4 is 0 Å². The van der Waals surface area contributed by atoms with Crippen LogP contribution in [0.15, 0.2) is 168 Å². The van der Waals surface area contributed by atoms with Gasteiger partial charge >= 0.3 is 0 Å². The molecule has 0 unspecified atom stereocenters. The van der Waals surface area contributed by atoms with E-state index >= 15 is 0 Å². The van der Waals surface area contributed by atoms with Gasteiger partial charge in [0.15, 0.2) is 5.82 Å². The standard InChI is InChI=1S/C46H27N5O/c1-2-11-34(12-3-1)51-49-40-24-21-28-17-18-31-25-30(19-22-35(31)43(28)45(40)50-51)29-9-8-10-33(26-29)46-47-39-15-6-4-14-38(39)44(48-46)32-20-23-37-36-13-5-7-16-41(36)52-42(37)27-32/h1-27H. The number of rotatable bonds is 4. The number of hydrogen-bond acceptors (Lipinski definition) is 5. The molecule has 0 fully saturated rings. The average molecular weight is 666 g/mol. The van der Waals surface area contributed by atoms with Crippen molar-refractivity contribution in [3.63, 3.8) is 0 Å². The van der Waals surface area contributed by atoms with Gasteiger partial charge in [-0.25, -0.2) is 9.97 Å². The number of aromatic nitrogens is 5. The molecule has 0 amide bonds. The van der Waals surface area contributed by atoms with Gasteiger partial charge in [-0.05, 0) is 81.9 Å². The van der Waals surface area contributed by atoms with E-state index in [1.807, 2.05) is 66.7 Å². The van der Waals surface area contributed by atoms with E-state index < -0.39 is 0 Å². The van der Waals surface area contributed by atoms with Crippen LogP contribution in [0.1, 0.15) is 0 Å². The summed E-state index contributed by atoms with van der Waals surface area (Å²) in [4.78, 5) is 12.0. The summed E-state index contributed by atoms with van der Waals surface area (Å²) < 4.78 is 6.25. The zero-order valence-electron chi connectivity index (χ0n) is 27.7. The zero-order valence-corrected chi connectivity index (χ0v) is 27.7. The van der Waals surface area contributed by atoms with E-state index in [1.54, 1.807) is 4.80 Å². The molecule has 0 N–H and O–H groups in total. The predicted molar refractivity (Wildman–Crippen MR) is 211 cm³/mol. The molecule has 6 heteroatoms. The van der Waals surface area contributed by atoms with E-state index in [0.29, 0.717) is 5.82 Å². The molecule has 0 aliphatic heterocycles. The van der Waals surface area contributed by atoms with Gasteiger partial charge in [0.2, 0.25) is 0 Å². The highest BCUT2D eigenvalue weighted by atomic mass is 16.3. The predicted octanol–water partition coefficient (Wildman–Crippen LogP) is 11.6. The Kier molecular flexibility index (Phi) is 6.15. The maximum absolute atomic E-state index is 6.25. The summed E-state index contributed by atoms with van der Waals surface area (Å²) >= 11 is 0. The Bertz CT molecular complexity index is 3200. The van der Waals surface area contributed by atoms with Gasteiger partial charge in [-0.15, -0.1) is 10.2 Å². The Morgan fingerprint density at radius 1 is 0.423 bits per heavy atom. The first-order chi connectivity index (χ1) is 25.7.